The fourth-order valence-electron chi connectivity index (χ4n) is 2.04. The summed E-state index contributed by atoms with van der Waals surface area (Å²) in [6.45, 7) is 8.40. The van der Waals surface area contributed by atoms with Gasteiger partial charge in [0.2, 0.25) is 0 Å². The van der Waals surface area contributed by atoms with Gasteiger partial charge in [-0.1, -0.05) is 36.4 Å². The largest absolute Gasteiger partial charge is 0.494 e. The molecule has 0 radical (unpaired) electrons. The van der Waals surface area contributed by atoms with Crippen LogP contribution in [0.25, 0.3) is 6.08 Å². The third-order valence-corrected chi connectivity index (χ3v) is 4.07. The molecule has 1 fully saturated rings. The molecule has 1 aliphatic heterocycles. The van der Waals surface area contributed by atoms with Crippen molar-refractivity contribution in [1.82, 2.24) is 0 Å². The van der Waals surface area contributed by atoms with Crippen LogP contribution in [0.2, 0.25) is 0 Å². The fourth-order valence-corrected chi connectivity index (χ4v) is 2.04. The molecule has 0 atom stereocenters. The smallest absolute Gasteiger partial charge is 0.399 e. The van der Waals surface area contributed by atoms with Gasteiger partial charge in [0, 0.05) is 6.61 Å². The van der Waals surface area contributed by atoms with Crippen LogP contribution >= 0.6 is 0 Å². The number of aliphatic hydroxyl groups is 1. The van der Waals surface area contributed by atoms with Gasteiger partial charge >= 0.3 is 7.12 Å². The van der Waals surface area contributed by atoms with E-state index in [0.717, 1.165) is 11.0 Å². The molecule has 1 aromatic carbocycles. The van der Waals surface area contributed by atoms with Crippen LogP contribution in [0, 0.1) is 0 Å². The Kier molecular flexibility index (Phi) is 4.38. The van der Waals surface area contributed by atoms with Crippen molar-refractivity contribution >= 4 is 18.7 Å². The highest BCUT2D eigenvalue weighted by molar-refractivity contribution is 6.62. The maximum Gasteiger partial charge on any atom is 0.494 e. The second kappa shape index (κ2) is 5.72. The molecule has 1 N–H and O–H groups in total. The monoisotopic (exact) mass is 274 g/mol. The third kappa shape index (κ3) is 3.14. The predicted molar refractivity (Wildman–Crippen MR) is 82.9 cm³/mol. The Hall–Kier alpha value is -1.10. The lowest BCUT2D eigenvalue weighted by Crippen LogP contribution is -2.41. The highest BCUT2D eigenvalue weighted by Gasteiger charge is 2.51. The minimum Gasteiger partial charge on any atom is -0.399 e. The maximum atomic E-state index is 8.75. The molecule has 1 aromatic rings. The molecule has 2 rings (SSSR count). The molecule has 3 nitrogen and oxygen atoms in total. The molecule has 108 valence electrons. The summed E-state index contributed by atoms with van der Waals surface area (Å²) < 4.78 is 12.0. The molecule has 0 saturated carbocycles. The molecule has 0 amide bonds. The minimum atomic E-state index is -0.310. The van der Waals surface area contributed by atoms with E-state index in [9.17, 15) is 0 Å². The van der Waals surface area contributed by atoms with E-state index in [0.29, 0.717) is 6.42 Å². The van der Waals surface area contributed by atoms with Crippen LogP contribution in [-0.2, 0) is 9.31 Å². The van der Waals surface area contributed by atoms with Crippen LogP contribution in [0.1, 0.15) is 39.7 Å². The van der Waals surface area contributed by atoms with Gasteiger partial charge in [-0.3, -0.25) is 0 Å². The van der Waals surface area contributed by atoms with Crippen molar-refractivity contribution in [3.8, 4) is 0 Å². The van der Waals surface area contributed by atoms with Crippen molar-refractivity contribution in [2.75, 3.05) is 6.61 Å². The molecular formula is C16H23BO3. The normalized spacial score (nSPS) is 20.8. The molecule has 1 heterocycles. The van der Waals surface area contributed by atoms with E-state index < -0.39 is 0 Å². The van der Waals surface area contributed by atoms with E-state index >= 15 is 0 Å². The molecule has 0 unspecified atom stereocenters. The number of benzene rings is 1. The minimum absolute atomic E-state index is 0.183. The van der Waals surface area contributed by atoms with E-state index in [1.807, 2.05) is 36.4 Å². The Morgan fingerprint density at radius 1 is 1.05 bits per heavy atom. The molecule has 0 aliphatic carbocycles. The van der Waals surface area contributed by atoms with Gasteiger partial charge in [-0.05, 0) is 45.1 Å². The molecule has 0 spiro atoms. The average molecular weight is 274 g/mol. The second-order valence-electron chi connectivity index (χ2n) is 6.17. The molecule has 4 heteroatoms. The van der Waals surface area contributed by atoms with Gasteiger partial charge in [-0.25, -0.2) is 0 Å². The van der Waals surface area contributed by atoms with Crippen LogP contribution in [-0.4, -0.2) is 30.0 Å². The van der Waals surface area contributed by atoms with Gasteiger partial charge in [0.15, 0.2) is 0 Å². The summed E-state index contributed by atoms with van der Waals surface area (Å²) in [5.41, 5.74) is 1.52. The summed E-state index contributed by atoms with van der Waals surface area (Å²) in [6, 6.07) is 8.13. The van der Waals surface area contributed by atoms with Gasteiger partial charge in [0.05, 0.1) is 11.2 Å². The molecule has 1 aliphatic rings. The van der Waals surface area contributed by atoms with Crippen LogP contribution in [0.5, 0.6) is 0 Å². The zero-order chi connectivity index (χ0) is 14.8. The van der Waals surface area contributed by atoms with E-state index in [-0.39, 0.29) is 24.9 Å². The molecule has 0 aromatic heterocycles. The first-order valence-electron chi connectivity index (χ1n) is 7.09. The van der Waals surface area contributed by atoms with Crippen molar-refractivity contribution < 1.29 is 14.4 Å². The van der Waals surface area contributed by atoms with Gasteiger partial charge in [-0.15, -0.1) is 0 Å². The number of rotatable bonds is 4. The first-order chi connectivity index (χ1) is 9.36. The summed E-state index contributed by atoms with van der Waals surface area (Å²) in [7, 11) is -0.310. The Morgan fingerprint density at radius 3 is 2.10 bits per heavy atom. The highest BCUT2D eigenvalue weighted by Crippen LogP contribution is 2.36. The maximum absolute atomic E-state index is 8.75. The van der Waals surface area contributed by atoms with Gasteiger partial charge in [0.1, 0.15) is 0 Å². The summed E-state index contributed by atoms with van der Waals surface area (Å²) in [6.07, 6.45) is 4.65. The summed E-state index contributed by atoms with van der Waals surface area (Å²) >= 11 is 0. The first-order valence-corrected chi connectivity index (χ1v) is 7.09. The Labute approximate surface area is 121 Å². The van der Waals surface area contributed by atoms with Crippen LogP contribution < -0.4 is 5.46 Å². The van der Waals surface area contributed by atoms with Crippen molar-refractivity contribution in [2.45, 2.75) is 45.3 Å². The van der Waals surface area contributed by atoms with Crippen molar-refractivity contribution in [1.29, 1.82) is 0 Å². The van der Waals surface area contributed by atoms with Crippen LogP contribution in [0.4, 0.5) is 0 Å². The quantitative estimate of drug-likeness (QED) is 0.857. The molecule has 0 bridgehead atoms. The lowest BCUT2D eigenvalue weighted by molar-refractivity contribution is 0.00578. The zero-order valence-electron chi connectivity index (χ0n) is 12.7. The lowest BCUT2D eigenvalue weighted by atomic mass is 9.79. The van der Waals surface area contributed by atoms with E-state index in [1.54, 1.807) is 0 Å². The Bertz CT molecular complexity index is 461. The molecular weight excluding hydrogens is 251 g/mol. The first kappa shape index (κ1) is 15.3. The van der Waals surface area contributed by atoms with Gasteiger partial charge in [-0.2, -0.15) is 0 Å². The second-order valence-corrected chi connectivity index (χ2v) is 6.17. The number of aliphatic hydroxyl groups excluding tert-OH is 1. The zero-order valence-corrected chi connectivity index (χ0v) is 12.7. The topological polar surface area (TPSA) is 38.7 Å². The van der Waals surface area contributed by atoms with E-state index in [2.05, 4.69) is 27.7 Å². The van der Waals surface area contributed by atoms with Crippen molar-refractivity contribution in [3.63, 3.8) is 0 Å². The third-order valence-electron chi connectivity index (χ3n) is 4.07. The Morgan fingerprint density at radius 2 is 1.60 bits per heavy atom. The SMILES string of the molecule is CC1(C)OB(c2ccc(C=CCCO)cc2)OC1(C)C. The van der Waals surface area contributed by atoms with Crippen molar-refractivity contribution in [3.05, 3.63) is 35.9 Å². The molecule has 20 heavy (non-hydrogen) atoms. The number of hydrogen-bond donors (Lipinski definition) is 1. The highest BCUT2D eigenvalue weighted by atomic mass is 16.7. The summed E-state index contributed by atoms with van der Waals surface area (Å²) in [5.74, 6) is 0. The predicted octanol–water partition coefficient (Wildman–Crippen LogP) is 2.38. The summed E-state index contributed by atoms with van der Waals surface area (Å²) in [4.78, 5) is 0. The molecule has 1 saturated heterocycles. The van der Waals surface area contributed by atoms with Gasteiger partial charge in [0.25, 0.3) is 0 Å². The van der Waals surface area contributed by atoms with Crippen LogP contribution in [0.15, 0.2) is 30.3 Å². The van der Waals surface area contributed by atoms with Crippen molar-refractivity contribution in [2.24, 2.45) is 0 Å². The fraction of sp³-hybridized carbons (Fsp3) is 0.500. The van der Waals surface area contributed by atoms with E-state index in [1.165, 1.54) is 0 Å². The summed E-state index contributed by atoms with van der Waals surface area (Å²) in [5, 5.41) is 8.75. The van der Waals surface area contributed by atoms with E-state index in [4.69, 9.17) is 14.4 Å². The lowest BCUT2D eigenvalue weighted by Gasteiger charge is -2.32. The Balaban J connectivity index is 2.08. The average Bonchev–Trinajstić information content (AvgIpc) is 2.60. The van der Waals surface area contributed by atoms with Crippen LogP contribution in [0.3, 0.4) is 0 Å². The van der Waals surface area contributed by atoms with Gasteiger partial charge < -0.3 is 14.4 Å². The number of hydrogen-bond acceptors (Lipinski definition) is 3. The standard InChI is InChI=1S/C16H23BO3/c1-15(2)16(3,4)20-17(19-15)14-10-8-13(9-11-14)7-5-6-12-18/h5,7-11,18H,6,12H2,1-4H3.